The van der Waals surface area contributed by atoms with E-state index in [-0.39, 0.29) is 11.9 Å². The first-order valence-electron chi connectivity index (χ1n) is 4.67. The second-order valence-electron chi connectivity index (χ2n) is 3.42. The molecule has 1 amide bonds. The highest BCUT2D eigenvalue weighted by Crippen LogP contribution is 2.18. The van der Waals surface area contributed by atoms with Gasteiger partial charge < -0.3 is 10.6 Å². The van der Waals surface area contributed by atoms with Gasteiger partial charge in [0.25, 0.3) is 5.91 Å². The molecule has 2 rings (SSSR count). The van der Waals surface area contributed by atoms with Gasteiger partial charge in [0.2, 0.25) is 5.96 Å². The van der Waals surface area contributed by atoms with Crippen LogP contribution in [0.3, 0.4) is 0 Å². The van der Waals surface area contributed by atoms with Crippen LogP contribution in [0, 0.1) is 0 Å². The van der Waals surface area contributed by atoms with Crippen molar-refractivity contribution in [3.8, 4) is 0 Å². The first-order chi connectivity index (χ1) is 7.58. The van der Waals surface area contributed by atoms with Gasteiger partial charge in [0, 0.05) is 11.5 Å². The van der Waals surface area contributed by atoms with E-state index in [0.717, 1.165) is 10.0 Å². The minimum absolute atomic E-state index is 0.228. The number of hydrogen-bond donors (Lipinski definition) is 1. The normalized spacial score (nSPS) is 18.1. The number of hydrogen-bond acceptors (Lipinski definition) is 3. The van der Waals surface area contributed by atoms with Gasteiger partial charge in [0.15, 0.2) is 0 Å². The molecule has 2 N–H and O–H groups in total. The number of benzene rings is 1. The summed E-state index contributed by atoms with van der Waals surface area (Å²) in [5.41, 5.74) is 6.96. The molecule has 0 aromatic heterocycles. The molecule has 0 spiro atoms. The van der Waals surface area contributed by atoms with Gasteiger partial charge in [0.05, 0.1) is 0 Å². The van der Waals surface area contributed by atoms with Crippen molar-refractivity contribution < 1.29 is 4.79 Å². The number of amides is 1. The first-order valence-corrected chi connectivity index (χ1v) is 5.47. The highest BCUT2D eigenvalue weighted by Gasteiger charge is 2.23. The molecule has 1 heterocycles. The molecule has 0 radical (unpaired) electrons. The molecule has 0 bridgehead atoms. The Balaban J connectivity index is 2.36. The Morgan fingerprint density at radius 3 is 2.81 bits per heavy atom. The van der Waals surface area contributed by atoms with E-state index in [2.05, 4.69) is 20.9 Å². The zero-order chi connectivity index (χ0) is 11.7. The third kappa shape index (κ3) is 1.99. The highest BCUT2D eigenvalue weighted by molar-refractivity contribution is 9.10. The molecule has 1 aliphatic rings. The summed E-state index contributed by atoms with van der Waals surface area (Å²) in [5.74, 6) is -0.0776. The zero-order valence-electron chi connectivity index (χ0n) is 8.64. The number of halogens is 1. The summed E-state index contributed by atoms with van der Waals surface area (Å²) in [6, 6.07) is 7.66. The number of guanidine groups is 1. The topological polar surface area (TPSA) is 58.7 Å². The van der Waals surface area contributed by atoms with Crippen LogP contribution in [0.15, 0.2) is 39.4 Å². The van der Waals surface area contributed by atoms with Crippen LogP contribution in [0.5, 0.6) is 0 Å². The first kappa shape index (κ1) is 10.9. The van der Waals surface area contributed by atoms with Crippen molar-refractivity contribution in [3.05, 3.63) is 40.0 Å². The number of carbonyl (C=O) groups excluding carboxylic acids is 1. The summed E-state index contributed by atoms with van der Waals surface area (Å²) >= 11 is 3.37. The van der Waals surface area contributed by atoms with Crippen LogP contribution >= 0.6 is 15.9 Å². The van der Waals surface area contributed by atoms with Crippen molar-refractivity contribution >= 4 is 33.9 Å². The number of likely N-dealkylation sites (N-methyl/N-ethyl adjacent to an activating group) is 1. The van der Waals surface area contributed by atoms with Crippen molar-refractivity contribution in [2.45, 2.75) is 0 Å². The lowest BCUT2D eigenvalue weighted by atomic mass is 10.2. The number of carbonyl (C=O) groups is 1. The van der Waals surface area contributed by atoms with Gasteiger partial charge in [0.1, 0.15) is 5.70 Å². The molecule has 4 nitrogen and oxygen atoms in total. The number of aliphatic imine (C=N–C) groups is 1. The molecule has 82 valence electrons. The summed E-state index contributed by atoms with van der Waals surface area (Å²) in [4.78, 5) is 16.7. The van der Waals surface area contributed by atoms with E-state index < -0.39 is 0 Å². The lowest BCUT2D eigenvalue weighted by molar-refractivity contribution is -0.114. The van der Waals surface area contributed by atoms with E-state index in [1.807, 2.05) is 24.3 Å². The fraction of sp³-hybridized carbons (Fsp3) is 0.0909. The SMILES string of the molecule is CN1C(N)=NC(=O)/C1=C/c1cccc(Br)c1. The highest BCUT2D eigenvalue weighted by atomic mass is 79.9. The second-order valence-corrected chi connectivity index (χ2v) is 4.33. The van der Waals surface area contributed by atoms with Crippen LogP contribution in [0.2, 0.25) is 0 Å². The zero-order valence-corrected chi connectivity index (χ0v) is 10.2. The quantitative estimate of drug-likeness (QED) is 0.794. The average molecular weight is 280 g/mol. The lowest BCUT2D eigenvalue weighted by Crippen LogP contribution is -2.28. The maximum absolute atomic E-state index is 11.5. The van der Waals surface area contributed by atoms with Crippen LogP contribution in [-0.4, -0.2) is 23.8 Å². The van der Waals surface area contributed by atoms with Gasteiger partial charge in [-0.3, -0.25) is 4.79 Å². The Labute approximate surface area is 102 Å². The molecule has 0 atom stereocenters. The van der Waals surface area contributed by atoms with Crippen molar-refractivity contribution in [1.82, 2.24) is 4.90 Å². The van der Waals surface area contributed by atoms with E-state index in [9.17, 15) is 4.79 Å². The Kier molecular flexibility index (Phi) is 2.78. The van der Waals surface area contributed by atoms with Gasteiger partial charge >= 0.3 is 0 Å². The summed E-state index contributed by atoms with van der Waals surface area (Å²) in [7, 11) is 1.72. The van der Waals surface area contributed by atoms with Gasteiger partial charge in [-0.2, -0.15) is 4.99 Å². The average Bonchev–Trinajstić information content (AvgIpc) is 2.45. The third-order valence-corrected chi connectivity index (χ3v) is 2.79. The molecule has 0 aliphatic carbocycles. The van der Waals surface area contributed by atoms with E-state index in [0.29, 0.717) is 5.70 Å². The molecule has 1 aromatic carbocycles. The largest absolute Gasteiger partial charge is 0.369 e. The van der Waals surface area contributed by atoms with E-state index in [4.69, 9.17) is 5.73 Å². The predicted octanol–water partition coefficient (Wildman–Crippen LogP) is 1.58. The Bertz CT molecular complexity index is 508. The standard InChI is InChI=1S/C11H10BrN3O/c1-15-9(10(16)14-11(15)13)6-7-3-2-4-8(12)5-7/h2-6H,1H3,(H2,13,14,16)/b9-6-. The van der Waals surface area contributed by atoms with Crippen LogP contribution in [0.4, 0.5) is 0 Å². The predicted molar refractivity (Wildman–Crippen MR) is 66.5 cm³/mol. The Morgan fingerprint density at radius 1 is 1.50 bits per heavy atom. The van der Waals surface area contributed by atoms with E-state index in [1.165, 1.54) is 0 Å². The van der Waals surface area contributed by atoms with Crippen molar-refractivity contribution in [2.75, 3.05) is 7.05 Å². The van der Waals surface area contributed by atoms with Crippen LogP contribution in [0.1, 0.15) is 5.56 Å². The smallest absolute Gasteiger partial charge is 0.296 e. The molecule has 0 fully saturated rings. The van der Waals surface area contributed by atoms with Crippen molar-refractivity contribution in [1.29, 1.82) is 0 Å². The summed E-state index contributed by atoms with van der Waals surface area (Å²) < 4.78 is 0.962. The van der Waals surface area contributed by atoms with Gasteiger partial charge in [-0.05, 0) is 23.8 Å². The minimum atomic E-state index is -0.306. The molecule has 0 saturated heterocycles. The third-order valence-electron chi connectivity index (χ3n) is 2.29. The van der Waals surface area contributed by atoms with Crippen LogP contribution in [0.25, 0.3) is 6.08 Å². The van der Waals surface area contributed by atoms with E-state index >= 15 is 0 Å². The monoisotopic (exact) mass is 279 g/mol. The van der Waals surface area contributed by atoms with Crippen molar-refractivity contribution in [3.63, 3.8) is 0 Å². The number of nitrogens with two attached hydrogens (primary N) is 1. The van der Waals surface area contributed by atoms with Crippen LogP contribution < -0.4 is 5.73 Å². The Hall–Kier alpha value is -1.62. The fourth-order valence-electron chi connectivity index (χ4n) is 1.42. The van der Waals surface area contributed by atoms with Crippen LogP contribution in [-0.2, 0) is 4.79 Å². The lowest BCUT2D eigenvalue weighted by Gasteiger charge is -2.10. The molecular weight excluding hydrogens is 270 g/mol. The number of rotatable bonds is 1. The second kappa shape index (κ2) is 4.09. The maximum Gasteiger partial charge on any atom is 0.296 e. The molecule has 5 heteroatoms. The molecule has 0 saturated carbocycles. The minimum Gasteiger partial charge on any atom is -0.369 e. The van der Waals surface area contributed by atoms with Gasteiger partial charge in [-0.25, -0.2) is 0 Å². The fourth-order valence-corrected chi connectivity index (χ4v) is 1.83. The summed E-state index contributed by atoms with van der Waals surface area (Å²) in [5, 5.41) is 0. The number of nitrogens with zero attached hydrogens (tertiary/aromatic N) is 2. The van der Waals surface area contributed by atoms with E-state index in [1.54, 1.807) is 18.0 Å². The Morgan fingerprint density at radius 2 is 2.25 bits per heavy atom. The molecular formula is C11H10BrN3O. The van der Waals surface area contributed by atoms with Crippen molar-refractivity contribution in [2.24, 2.45) is 10.7 Å². The molecule has 16 heavy (non-hydrogen) atoms. The van der Waals surface area contributed by atoms with Gasteiger partial charge in [-0.15, -0.1) is 0 Å². The molecule has 1 aliphatic heterocycles. The molecule has 0 unspecified atom stereocenters. The summed E-state index contributed by atoms with van der Waals surface area (Å²) in [6.07, 6.45) is 1.76. The maximum atomic E-state index is 11.5. The molecule has 1 aromatic rings. The van der Waals surface area contributed by atoms with Gasteiger partial charge in [-0.1, -0.05) is 28.1 Å². The summed E-state index contributed by atoms with van der Waals surface area (Å²) in [6.45, 7) is 0.